The molecule has 3 amide bonds. The highest BCUT2D eigenvalue weighted by Crippen LogP contribution is 2.61. The number of fused-ring (bicyclic) bond motifs is 5. The van der Waals surface area contributed by atoms with Gasteiger partial charge in [0.25, 0.3) is 5.91 Å². The Labute approximate surface area is 241 Å². The minimum atomic E-state index is -0.704. The number of hydrogen-bond donors (Lipinski definition) is 1. The fourth-order valence-corrected chi connectivity index (χ4v) is 7.32. The summed E-state index contributed by atoms with van der Waals surface area (Å²) in [7, 11) is 0. The number of carbonyl (C=O) groups excluding carboxylic acids is 4. The van der Waals surface area contributed by atoms with Crippen LogP contribution in [0.15, 0.2) is 71.2 Å². The average Bonchev–Trinajstić information content (AvgIpc) is 3.63. The Morgan fingerprint density at radius 1 is 0.925 bits per heavy atom. The van der Waals surface area contributed by atoms with Gasteiger partial charge in [-0.25, -0.2) is 4.79 Å². The van der Waals surface area contributed by atoms with Crippen LogP contribution in [0.3, 0.4) is 0 Å². The summed E-state index contributed by atoms with van der Waals surface area (Å²) in [5.74, 6) is -1.56. The SMILES string of the molecule is Cc1c(Br)ccc(NC(=O)COC(=O)c2cccc(N3C(=O)[C@@H]4[C@@H]5C[C@@H]([C@H]4C3=O)[C@@H](c3ccccc3)C5)c2)c1C. The van der Waals surface area contributed by atoms with Gasteiger partial charge in [-0.1, -0.05) is 52.3 Å². The first kappa shape index (κ1) is 26.4. The lowest BCUT2D eigenvalue weighted by Gasteiger charge is -2.28. The molecular weight excluding hydrogens is 572 g/mol. The van der Waals surface area contributed by atoms with Crippen LogP contribution in [0.25, 0.3) is 0 Å². The van der Waals surface area contributed by atoms with E-state index in [1.165, 1.54) is 16.5 Å². The lowest BCUT2D eigenvalue weighted by atomic mass is 9.73. The summed E-state index contributed by atoms with van der Waals surface area (Å²) in [5.41, 5.74) is 4.32. The van der Waals surface area contributed by atoms with Gasteiger partial charge in [-0.05, 0) is 91.5 Å². The van der Waals surface area contributed by atoms with Crippen LogP contribution >= 0.6 is 15.9 Å². The van der Waals surface area contributed by atoms with Crippen LogP contribution in [0.5, 0.6) is 0 Å². The van der Waals surface area contributed by atoms with E-state index in [2.05, 4.69) is 33.4 Å². The van der Waals surface area contributed by atoms with Crippen molar-refractivity contribution in [2.24, 2.45) is 23.7 Å². The van der Waals surface area contributed by atoms with Crippen molar-refractivity contribution in [1.82, 2.24) is 0 Å². The number of nitrogens with one attached hydrogen (secondary N) is 1. The number of ether oxygens (including phenoxy) is 1. The van der Waals surface area contributed by atoms with Crippen LogP contribution in [0.4, 0.5) is 11.4 Å². The van der Waals surface area contributed by atoms with Crippen molar-refractivity contribution in [3.63, 3.8) is 0 Å². The number of amides is 3. The first-order chi connectivity index (χ1) is 19.2. The van der Waals surface area contributed by atoms with Crippen molar-refractivity contribution in [2.75, 3.05) is 16.8 Å². The molecule has 3 fully saturated rings. The average molecular weight is 601 g/mol. The molecular formula is C32H29BrN2O5. The molecule has 1 saturated heterocycles. The lowest BCUT2D eigenvalue weighted by Crippen LogP contribution is -2.33. The van der Waals surface area contributed by atoms with Gasteiger partial charge in [0.05, 0.1) is 23.1 Å². The first-order valence-electron chi connectivity index (χ1n) is 13.5. The number of imide groups is 1. The van der Waals surface area contributed by atoms with Crippen molar-refractivity contribution < 1.29 is 23.9 Å². The van der Waals surface area contributed by atoms with Crippen LogP contribution in [-0.2, 0) is 19.1 Å². The Morgan fingerprint density at radius 2 is 1.68 bits per heavy atom. The zero-order chi connectivity index (χ0) is 28.1. The van der Waals surface area contributed by atoms with Crippen molar-refractivity contribution in [3.05, 3.63) is 93.5 Å². The molecule has 7 nitrogen and oxygen atoms in total. The zero-order valence-electron chi connectivity index (χ0n) is 22.2. The van der Waals surface area contributed by atoms with E-state index in [0.29, 0.717) is 11.4 Å². The predicted octanol–water partition coefficient (Wildman–Crippen LogP) is 5.79. The predicted molar refractivity (Wildman–Crippen MR) is 154 cm³/mol. The second kappa shape index (κ2) is 10.3. The van der Waals surface area contributed by atoms with E-state index in [1.807, 2.05) is 38.1 Å². The minimum Gasteiger partial charge on any atom is -0.452 e. The molecule has 40 heavy (non-hydrogen) atoms. The summed E-state index contributed by atoms with van der Waals surface area (Å²) in [6, 6.07) is 20.2. The van der Waals surface area contributed by atoms with Crippen LogP contribution < -0.4 is 10.2 Å². The largest absolute Gasteiger partial charge is 0.452 e. The molecule has 5 atom stereocenters. The van der Waals surface area contributed by atoms with E-state index < -0.39 is 18.5 Å². The fourth-order valence-electron chi connectivity index (χ4n) is 6.89. The Hall–Kier alpha value is -3.78. The van der Waals surface area contributed by atoms with Crippen molar-refractivity contribution in [2.45, 2.75) is 32.6 Å². The Morgan fingerprint density at radius 3 is 2.45 bits per heavy atom. The molecule has 3 aromatic rings. The molecule has 0 unspecified atom stereocenters. The molecule has 1 heterocycles. The van der Waals surface area contributed by atoms with E-state index >= 15 is 0 Å². The smallest absolute Gasteiger partial charge is 0.338 e. The van der Waals surface area contributed by atoms with E-state index in [1.54, 1.807) is 24.3 Å². The number of rotatable bonds is 6. The molecule has 0 spiro atoms. The van der Waals surface area contributed by atoms with E-state index in [0.717, 1.165) is 28.4 Å². The maximum Gasteiger partial charge on any atom is 0.338 e. The molecule has 1 aliphatic heterocycles. The summed E-state index contributed by atoms with van der Waals surface area (Å²) in [5, 5.41) is 2.77. The molecule has 2 bridgehead atoms. The zero-order valence-corrected chi connectivity index (χ0v) is 23.8. The van der Waals surface area contributed by atoms with Crippen LogP contribution in [-0.4, -0.2) is 30.3 Å². The molecule has 3 aliphatic rings. The van der Waals surface area contributed by atoms with Crippen LogP contribution in [0, 0.1) is 37.5 Å². The fraction of sp³-hybridized carbons (Fsp3) is 0.312. The Balaban J connectivity index is 1.13. The number of carbonyl (C=O) groups is 4. The first-order valence-corrected chi connectivity index (χ1v) is 14.3. The van der Waals surface area contributed by atoms with E-state index in [-0.39, 0.29) is 47.0 Å². The number of anilines is 2. The van der Waals surface area contributed by atoms with Gasteiger partial charge in [-0.3, -0.25) is 19.3 Å². The summed E-state index contributed by atoms with van der Waals surface area (Å²) in [4.78, 5) is 53.7. The van der Waals surface area contributed by atoms with Gasteiger partial charge in [-0.2, -0.15) is 0 Å². The van der Waals surface area contributed by atoms with Gasteiger partial charge in [0.2, 0.25) is 11.8 Å². The standard InChI is InChI=1S/C32H29BrN2O5/c1-17-18(2)26(12-11-25(17)33)34-27(36)16-40-32(39)20-9-6-10-22(13-20)35-30(37)28-21-14-23(19-7-4-3-5-8-19)24(15-21)29(28)31(35)38/h3-13,21,23-24,28-29H,14-16H2,1-2H3,(H,34,36)/t21-,23+,24+,28+,29+/m0/s1. The number of halogens is 1. The van der Waals surface area contributed by atoms with E-state index in [4.69, 9.17) is 4.74 Å². The summed E-state index contributed by atoms with van der Waals surface area (Å²) >= 11 is 3.47. The molecule has 8 heteroatoms. The van der Waals surface area contributed by atoms with E-state index in [9.17, 15) is 19.2 Å². The van der Waals surface area contributed by atoms with Gasteiger partial charge >= 0.3 is 5.97 Å². The third kappa shape index (κ3) is 4.44. The van der Waals surface area contributed by atoms with Crippen molar-refractivity contribution in [3.8, 4) is 0 Å². The summed E-state index contributed by atoms with van der Waals surface area (Å²) in [6.07, 6.45) is 1.81. The number of benzene rings is 3. The molecule has 2 saturated carbocycles. The summed E-state index contributed by atoms with van der Waals surface area (Å²) in [6.45, 7) is 3.38. The van der Waals surface area contributed by atoms with Crippen LogP contribution in [0.2, 0.25) is 0 Å². The lowest BCUT2D eigenvalue weighted by molar-refractivity contribution is -0.123. The number of esters is 1. The van der Waals surface area contributed by atoms with Gasteiger partial charge in [-0.15, -0.1) is 0 Å². The second-order valence-corrected chi connectivity index (χ2v) is 11.8. The normalized spacial score (nSPS) is 24.8. The highest BCUT2D eigenvalue weighted by molar-refractivity contribution is 9.10. The highest BCUT2D eigenvalue weighted by Gasteiger charge is 2.64. The molecule has 0 aromatic heterocycles. The quantitative estimate of drug-likeness (QED) is 0.285. The van der Waals surface area contributed by atoms with Gasteiger partial charge in [0.15, 0.2) is 6.61 Å². The topological polar surface area (TPSA) is 92.8 Å². The molecule has 1 N–H and O–H groups in total. The molecule has 3 aromatic carbocycles. The maximum absolute atomic E-state index is 13.6. The monoisotopic (exact) mass is 600 g/mol. The third-order valence-electron chi connectivity index (χ3n) is 8.91. The molecule has 6 rings (SSSR count). The van der Waals surface area contributed by atoms with Gasteiger partial charge < -0.3 is 10.1 Å². The molecule has 0 radical (unpaired) electrons. The van der Waals surface area contributed by atoms with Gasteiger partial charge in [0.1, 0.15) is 0 Å². The maximum atomic E-state index is 13.6. The second-order valence-electron chi connectivity index (χ2n) is 11.0. The van der Waals surface area contributed by atoms with Crippen LogP contribution in [0.1, 0.15) is 45.8 Å². The van der Waals surface area contributed by atoms with Gasteiger partial charge in [0, 0.05) is 10.2 Å². The van der Waals surface area contributed by atoms with Crippen molar-refractivity contribution in [1.29, 1.82) is 0 Å². The van der Waals surface area contributed by atoms with Crippen molar-refractivity contribution >= 4 is 51.0 Å². The highest BCUT2D eigenvalue weighted by atomic mass is 79.9. The Bertz CT molecular complexity index is 1540. The molecule has 2 aliphatic carbocycles. The third-order valence-corrected chi connectivity index (χ3v) is 9.77. The minimum absolute atomic E-state index is 0.142. The molecule has 204 valence electrons. The summed E-state index contributed by atoms with van der Waals surface area (Å²) < 4.78 is 6.20. The number of nitrogens with zero attached hydrogens (tertiary/aromatic N) is 1. The Kier molecular flexibility index (Phi) is 6.82. The number of hydrogen-bond acceptors (Lipinski definition) is 5.